The number of hydrogen-bond acceptors (Lipinski definition) is 2. The van der Waals surface area contributed by atoms with Gasteiger partial charge in [0.05, 0.1) is 11.3 Å². The fourth-order valence-corrected chi connectivity index (χ4v) is 3.24. The minimum absolute atomic E-state index is 0.285. The van der Waals surface area contributed by atoms with Crippen LogP contribution in [0, 0.1) is 0 Å². The third-order valence-electron chi connectivity index (χ3n) is 3.18. The van der Waals surface area contributed by atoms with Gasteiger partial charge >= 0.3 is 0 Å². The van der Waals surface area contributed by atoms with Gasteiger partial charge in [-0.2, -0.15) is 0 Å². The Labute approximate surface area is 85.3 Å². The van der Waals surface area contributed by atoms with Crippen LogP contribution in [0.1, 0.15) is 33.6 Å². The number of aliphatic hydroxyl groups excluding tert-OH is 1. The Hall–Kier alpha value is -0.110. The van der Waals surface area contributed by atoms with Crippen LogP contribution in [0.5, 0.6) is 0 Å². The van der Waals surface area contributed by atoms with Crippen molar-refractivity contribution >= 4 is 7.37 Å². The largest absolute Gasteiger partial charge is 0.392 e. The lowest BCUT2D eigenvalue weighted by molar-refractivity contribution is 0.186. The Kier molecular flexibility index (Phi) is 3.25. The first-order valence-corrected chi connectivity index (χ1v) is 6.85. The highest BCUT2D eigenvalue weighted by molar-refractivity contribution is 7.59. The maximum absolute atomic E-state index is 11.9. The fraction of sp³-hybridized carbons (Fsp3) is 0.800. The summed E-state index contributed by atoms with van der Waals surface area (Å²) in [5.41, 5.74) is 0.928. The predicted octanol–water partition coefficient (Wildman–Crippen LogP) is 2.14. The van der Waals surface area contributed by atoms with Crippen molar-refractivity contribution in [3.8, 4) is 0 Å². The van der Waals surface area contributed by atoms with Gasteiger partial charge in [-0.15, -0.1) is 0 Å². The van der Waals surface area contributed by atoms with Crippen LogP contribution in [0.3, 0.4) is 0 Å². The predicted molar refractivity (Wildman–Crippen MR) is 57.8 cm³/mol. The van der Waals surface area contributed by atoms with Crippen LogP contribution in [0.25, 0.3) is 0 Å². The van der Waals surface area contributed by atoms with Gasteiger partial charge in [0.2, 0.25) is 7.37 Å². The van der Waals surface area contributed by atoms with Crippen LogP contribution in [-0.2, 0) is 4.57 Å². The average Bonchev–Trinajstić information content (AvgIpc) is 2.52. The molecule has 14 heavy (non-hydrogen) atoms. The minimum Gasteiger partial charge on any atom is -0.392 e. The number of hydrogen-bond donors (Lipinski definition) is 2. The highest BCUT2D eigenvalue weighted by atomic mass is 31.2. The second-order valence-electron chi connectivity index (χ2n) is 4.40. The van der Waals surface area contributed by atoms with Gasteiger partial charge in [-0.1, -0.05) is 18.6 Å². The molecule has 0 saturated heterocycles. The van der Waals surface area contributed by atoms with E-state index in [-0.39, 0.29) is 12.3 Å². The molecule has 0 aromatic heterocycles. The first-order valence-electron chi connectivity index (χ1n) is 5.00. The van der Waals surface area contributed by atoms with Crippen LogP contribution in [0.15, 0.2) is 11.6 Å². The summed E-state index contributed by atoms with van der Waals surface area (Å²) in [4.78, 5) is 9.83. The van der Waals surface area contributed by atoms with Crippen molar-refractivity contribution in [3.63, 3.8) is 0 Å². The van der Waals surface area contributed by atoms with Gasteiger partial charge in [-0.25, -0.2) is 0 Å². The Balaban J connectivity index is 2.91. The summed E-state index contributed by atoms with van der Waals surface area (Å²) >= 11 is 0. The van der Waals surface area contributed by atoms with Gasteiger partial charge in [0.1, 0.15) is 0 Å². The minimum atomic E-state index is -3.13. The van der Waals surface area contributed by atoms with E-state index in [2.05, 4.69) is 0 Å². The van der Waals surface area contributed by atoms with E-state index in [1.165, 1.54) is 0 Å². The number of aliphatic hydroxyl groups is 1. The lowest BCUT2D eigenvalue weighted by atomic mass is 10.0. The molecule has 3 nitrogen and oxygen atoms in total. The van der Waals surface area contributed by atoms with Crippen LogP contribution in [0.4, 0.5) is 0 Å². The molecule has 0 aromatic carbocycles. The van der Waals surface area contributed by atoms with E-state index in [0.717, 1.165) is 5.57 Å². The van der Waals surface area contributed by atoms with Crippen molar-refractivity contribution in [2.45, 2.75) is 44.9 Å². The summed E-state index contributed by atoms with van der Waals surface area (Å²) in [6, 6.07) is 0. The van der Waals surface area contributed by atoms with Crippen LogP contribution >= 0.6 is 7.37 Å². The first-order chi connectivity index (χ1) is 6.31. The average molecular weight is 218 g/mol. The van der Waals surface area contributed by atoms with Crippen LogP contribution in [0.2, 0.25) is 0 Å². The molecular weight excluding hydrogens is 199 g/mol. The van der Waals surface area contributed by atoms with Gasteiger partial charge in [-0.3, -0.25) is 4.57 Å². The van der Waals surface area contributed by atoms with E-state index in [1.807, 2.05) is 6.08 Å². The standard InChI is InChI=1S/C10H19O3P/c1-4-14(12,13)10(2,3)8-5-6-9(11)7-8/h5,9,11H,4,6-7H2,1-3H3,(H,12,13). The molecule has 0 saturated carbocycles. The lowest BCUT2D eigenvalue weighted by Gasteiger charge is -2.31. The second-order valence-corrected chi connectivity index (χ2v) is 7.55. The molecule has 0 aromatic rings. The molecule has 0 aliphatic heterocycles. The summed E-state index contributed by atoms with van der Waals surface area (Å²) in [5.74, 6) is 0. The molecule has 0 fully saturated rings. The Morgan fingerprint density at radius 2 is 2.21 bits per heavy atom. The SMILES string of the molecule is CCP(=O)(O)C(C)(C)C1=CCC(O)C1. The highest BCUT2D eigenvalue weighted by Gasteiger charge is 2.41. The topological polar surface area (TPSA) is 57.5 Å². The molecule has 0 amide bonds. The van der Waals surface area contributed by atoms with Crippen molar-refractivity contribution < 1.29 is 14.6 Å². The van der Waals surface area contributed by atoms with Crippen molar-refractivity contribution in [1.82, 2.24) is 0 Å². The van der Waals surface area contributed by atoms with Crippen molar-refractivity contribution in [2.75, 3.05) is 6.16 Å². The van der Waals surface area contributed by atoms with E-state index in [0.29, 0.717) is 12.8 Å². The number of rotatable bonds is 3. The third-order valence-corrected chi connectivity index (χ3v) is 6.07. The van der Waals surface area contributed by atoms with E-state index < -0.39 is 12.5 Å². The molecule has 0 bridgehead atoms. The Bertz CT molecular complexity index is 294. The fourth-order valence-electron chi connectivity index (χ4n) is 1.82. The molecule has 2 atom stereocenters. The zero-order chi connectivity index (χ0) is 11.0. The summed E-state index contributed by atoms with van der Waals surface area (Å²) in [5, 5.41) is 8.70. The smallest absolute Gasteiger partial charge is 0.209 e. The van der Waals surface area contributed by atoms with Gasteiger partial charge < -0.3 is 10.00 Å². The highest BCUT2D eigenvalue weighted by Crippen LogP contribution is 2.58. The van der Waals surface area contributed by atoms with Crippen LogP contribution < -0.4 is 0 Å². The molecule has 2 N–H and O–H groups in total. The van der Waals surface area contributed by atoms with E-state index in [9.17, 15) is 14.6 Å². The molecule has 2 unspecified atom stereocenters. The van der Waals surface area contributed by atoms with Gasteiger partial charge in [0, 0.05) is 6.16 Å². The molecular formula is C10H19O3P. The van der Waals surface area contributed by atoms with Crippen molar-refractivity contribution in [3.05, 3.63) is 11.6 Å². The summed E-state index contributed by atoms with van der Waals surface area (Å²) in [7, 11) is -3.13. The third kappa shape index (κ3) is 1.95. The summed E-state index contributed by atoms with van der Waals surface area (Å²) in [6.07, 6.45) is 2.98. The summed E-state index contributed by atoms with van der Waals surface area (Å²) < 4.78 is 11.9. The van der Waals surface area contributed by atoms with Crippen LogP contribution in [-0.4, -0.2) is 27.4 Å². The lowest BCUT2D eigenvalue weighted by Crippen LogP contribution is -2.24. The van der Waals surface area contributed by atoms with E-state index in [4.69, 9.17) is 0 Å². The normalized spacial score (nSPS) is 27.2. The molecule has 1 aliphatic carbocycles. The molecule has 1 rings (SSSR count). The van der Waals surface area contributed by atoms with Crippen molar-refractivity contribution in [1.29, 1.82) is 0 Å². The second kappa shape index (κ2) is 3.80. The van der Waals surface area contributed by atoms with Gasteiger partial charge in [0.15, 0.2) is 0 Å². The maximum atomic E-state index is 11.9. The van der Waals surface area contributed by atoms with Gasteiger partial charge in [0.25, 0.3) is 0 Å². The Morgan fingerprint density at radius 1 is 1.64 bits per heavy atom. The van der Waals surface area contributed by atoms with E-state index in [1.54, 1.807) is 20.8 Å². The molecule has 0 heterocycles. The van der Waals surface area contributed by atoms with Gasteiger partial charge in [-0.05, 0) is 26.7 Å². The quantitative estimate of drug-likeness (QED) is 0.563. The maximum Gasteiger partial charge on any atom is 0.209 e. The van der Waals surface area contributed by atoms with Crippen molar-refractivity contribution in [2.24, 2.45) is 0 Å². The Morgan fingerprint density at radius 3 is 2.57 bits per heavy atom. The molecule has 82 valence electrons. The zero-order valence-electron chi connectivity index (χ0n) is 9.03. The van der Waals surface area contributed by atoms with E-state index >= 15 is 0 Å². The molecule has 4 heteroatoms. The first kappa shape index (κ1) is 12.0. The zero-order valence-corrected chi connectivity index (χ0v) is 9.92. The monoisotopic (exact) mass is 218 g/mol. The summed E-state index contributed by atoms with van der Waals surface area (Å²) in [6.45, 7) is 5.32. The molecule has 0 spiro atoms. The molecule has 1 aliphatic rings. The molecule has 0 radical (unpaired) electrons.